The third-order valence-electron chi connectivity index (χ3n) is 2.99. The van der Waals surface area contributed by atoms with Crippen LogP contribution in [0.25, 0.3) is 0 Å². The number of carbonyl (C=O) groups excluding carboxylic acids is 1. The number of amides is 1. The van der Waals surface area contributed by atoms with Crippen LogP contribution in [0.3, 0.4) is 0 Å². The smallest absolute Gasteiger partial charge is 0.221 e. The van der Waals surface area contributed by atoms with Crippen molar-refractivity contribution in [1.29, 1.82) is 0 Å². The molecule has 2 atom stereocenters. The van der Waals surface area contributed by atoms with Crippen molar-refractivity contribution >= 4 is 5.91 Å². The first-order valence-corrected chi connectivity index (χ1v) is 6.25. The summed E-state index contributed by atoms with van der Waals surface area (Å²) in [6, 6.07) is 0.752. The molecule has 3 nitrogen and oxygen atoms in total. The molecule has 1 rings (SSSR count). The van der Waals surface area contributed by atoms with Crippen molar-refractivity contribution in [3.63, 3.8) is 0 Å². The highest BCUT2D eigenvalue weighted by atomic mass is 16.1. The second-order valence-corrected chi connectivity index (χ2v) is 4.61. The van der Waals surface area contributed by atoms with Gasteiger partial charge < -0.3 is 10.6 Å². The fourth-order valence-electron chi connectivity index (χ4n) is 2.07. The summed E-state index contributed by atoms with van der Waals surface area (Å²) < 4.78 is 0. The molecular formula is C12H24N2O. The lowest BCUT2D eigenvalue weighted by atomic mass is 10.1. The van der Waals surface area contributed by atoms with Crippen molar-refractivity contribution in [3.05, 3.63) is 0 Å². The van der Waals surface area contributed by atoms with Crippen LogP contribution in [0.4, 0.5) is 0 Å². The highest BCUT2D eigenvalue weighted by Crippen LogP contribution is 2.08. The molecule has 0 spiro atoms. The minimum Gasteiger partial charge on any atom is -0.354 e. The van der Waals surface area contributed by atoms with E-state index >= 15 is 0 Å². The van der Waals surface area contributed by atoms with Crippen molar-refractivity contribution in [2.24, 2.45) is 0 Å². The Morgan fingerprint density at radius 1 is 1.60 bits per heavy atom. The van der Waals surface area contributed by atoms with Crippen molar-refractivity contribution in [3.8, 4) is 0 Å². The summed E-state index contributed by atoms with van der Waals surface area (Å²) in [4.78, 5) is 11.6. The average molecular weight is 212 g/mol. The van der Waals surface area contributed by atoms with Gasteiger partial charge in [-0.1, -0.05) is 19.8 Å². The normalized spacial score (nSPS) is 22.7. The van der Waals surface area contributed by atoms with Gasteiger partial charge in [-0.15, -0.1) is 0 Å². The number of hydrogen-bond donors (Lipinski definition) is 2. The van der Waals surface area contributed by atoms with Crippen molar-refractivity contribution < 1.29 is 4.79 Å². The average Bonchev–Trinajstić information content (AvgIpc) is 2.67. The maximum absolute atomic E-state index is 11.6. The number of rotatable bonds is 6. The molecule has 0 aromatic carbocycles. The summed E-state index contributed by atoms with van der Waals surface area (Å²) in [6.45, 7) is 5.34. The monoisotopic (exact) mass is 212 g/mol. The third kappa shape index (κ3) is 5.17. The summed E-state index contributed by atoms with van der Waals surface area (Å²) >= 11 is 0. The van der Waals surface area contributed by atoms with Crippen LogP contribution in [-0.4, -0.2) is 24.5 Å². The number of carbonyl (C=O) groups is 1. The van der Waals surface area contributed by atoms with Gasteiger partial charge in [-0.3, -0.25) is 4.79 Å². The van der Waals surface area contributed by atoms with Gasteiger partial charge in [0.25, 0.3) is 0 Å². The Labute approximate surface area is 93.0 Å². The standard InChI is InChI=1S/C12H24N2O/c1-3-4-6-10(2)14-12(15)9-11-7-5-8-13-11/h10-11,13H,3-9H2,1-2H3,(H,14,15). The molecule has 0 saturated carbocycles. The van der Waals surface area contributed by atoms with E-state index in [1.165, 1.54) is 19.3 Å². The second-order valence-electron chi connectivity index (χ2n) is 4.61. The van der Waals surface area contributed by atoms with E-state index in [4.69, 9.17) is 0 Å². The van der Waals surface area contributed by atoms with Crippen LogP contribution >= 0.6 is 0 Å². The fraction of sp³-hybridized carbons (Fsp3) is 0.917. The number of nitrogens with one attached hydrogen (secondary N) is 2. The quantitative estimate of drug-likeness (QED) is 0.705. The van der Waals surface area contributed by atoms with Crippen LogP contribution in [0, 0.1) is 0 Å². The van der Waals surface area contributed by atoms with Gasteiger partial charge in [0.1, 0.15) is 0 Å². The molecule has 0 aromatic heterocycles. The van der Waals surface area contributed by atoms with Gasteiger partial charge in [0.2, 0.25) is 5.91 Å². The number of hydrogen-bond acceptors (Lipinski definition) is 2. The molecule has 88 valence electrons. The third-order valence-corrected chi connectivity index (χ3v) is 2.99. The lowest BCUT2D eigenvalue weighted by Crippen LogP contribution is -2.36. The lowest BCUT2D eigenvalue weighted by molar-refractivity contribution is -0.122. The van der Waals surface area contributed by atoms with Gasteiger partial charge in [-0.25, -0.2) is 0 Å². The molecule has 1 heterocycles. The Kier molecular flexibility index (Phi) is 5.69. The summed E-state index contributed by atoms with van der Waals surface area (Å²) in [5.74, 6) is 0.206. The van der Waals surface area contributed by atoms with Crippen molar-refractivity contribution in [1.82, 2.24) is 10.6 Å². The summed E-state index contributed by atoms with van der Waals surface area (Å²) in [6.07, 6.45) is 6.50. The van der Waals surface area contributed by atoms with E-state index in [2.05, 4.69) is 24.5 Å². The zero-order chi connectivity index (χ0) is 11.1. The fourth-order valence-corrected chi connectivity index (χ4v) is 2.07. The number of unbranched alkanes of at least 4 members (excludes halogenated alkanes) is 1. The van der Waals surface area contributed by atoms with Crippen LogP contribution in [0.15, 0.2) is 0 Å². The van der Waals surface area contributed by atoms with Crippen LogP contribution in [-0.2, 0) is 4.79 Å². The van der Waals surface area contributed by atoms with E-state index in [1.807, 2.05) is 0 Å². The van der Waals surface area contributed by atoms with Crippen LogP contribution in [0.2, 0.25) is 0 Å². The molecule has 2 unspecified atom stereocenters. The summed E-state index contributed by atoms with van der Waals surface area (Å²) in [5.41, 5.74) is 0. The van der Waals surface area contributed by atoms with Gasteiger partial charge in [0.05, 0.1) is 0 Å². The molecule has 0 radical (unpaired) electrons. The molecule has 3 heteroatoms. The molecule has 1 amide bonds. The molecule has 0 bridgehead atoms. The lowest BCUT2D eigenvalue weighted by Gasteiger charge is -2.15. The Bertz CT molecular complexity index is 188. The van der Waals surface area contributed by atoms with E-state index in [0.29, 0.717) is 18.5 Å². The molecule has 1 aliphatic rings. The predicted molar refractivity (Wildman–Crippen MR) is 62.8 cm³/mol. The van der Waals surface area contributed by atoms with E-state index < -0.39 is 0 Å². The Morgan fingerprint density at radius 2 is 2.40 bits per heavy atom. The van der Waals surface area contributed by atoms with Gasteiger partial charge in [0.15, 0.2) is 0 Å². The minimum absolute atomic E-state index is 0.206. The Hall–Kier alpha value is -0.570. The van der Waals surface area contributed by atoms with Crippen LogP contribution in [0.1, 0.15) is 52.4 Å². The first-order valence-electron chi connectivity index (χ1n) is 6.25. The summed E-state index contributed by atoms with van der Waals surface area (Å²) in [5, 5.41) is 6.41. The molecule has 15 heavy (non-hydrogen) atoms. The molecule has 1 aliphatic heterocycles. The molecular weight excluding hydrogens is 188 g/mol. The molecule has 0 aliphatic carbocycles. The first kappa shape index (κ1) is 12.5. The SMILES string of the molecule is CCCCC(C)NC(=O)CC1CCCN1. The van der Waals surface area contributed by atoms with Gasteiger partial charge in [-0.2, -0.15) is 0 Å². The van der Waals surface area contributed by atoms with Crippen molar-refractivity contribution in [2.45, 2.75) is 64.5 Å². The van der Waals surface area contributed by atoms with Gasteiger partial charge >= 0.3 is 0 Å². The molecule has 1 fully saturated rings. The van der Waals surface area contributed by atoms with Gasteiger partial charge in [-0.05, 0) is 32.7 Å². The van der Waals surface area contributed by atoms with E-state index in [0.717, 1.165) is 19.4 Å². The minimum atomic E-state index is 0.206. The van der Waals surface area contributed by atoms with E-state index in [1.54, 1.807) is 0 Å². The second kappa shape index (κ2) is 6.83. The predicted octanol–water partition coefficient (Wildman–Crippen LogP) is 1.82. The zero-order valence-corrected chi connectivity index (χ0v) is 10.0. The zero-order valence-electron chi connectivity index (χ0n) is 10.0. The van der Waals surface area contributed by atoms with E-state index in [9.17, 15) is 4.79 Å². The first-order chi connectivity index (χ1) is 7.22. The van der Waals surface area contributed by atoms with Crippen molar-refractivity contribution in [2.75, 3.05) is 6.54 Å². The van der Waals surface area contributed by atoms with Crippen LogP contribution in [0.5, 0.6) is 0 Å². The van der Waals surface area contributed by atoms with E-state index in [-0.39, 0.29) is 5.91 Å². The Morgan fingerprint density at radius 3 is 3.00 bits per heavy atom. The summed E-state index contributed by atoms with van der Waals surface area (Å²) in [7, 11) is 0. The Balaban J connectivity index is 2.11. The molecule has 2 N–H and O–H groups in total. The van der Waals surface area contributed by atoms with Gasteiger partial charge in [0, 0.05) is 18.5 Å². The molecule has 1 saturated heterocycles. The maximum atomic E-state index is 11.6. The highest BCUT2D eigenvalue weighted by molar-refractivity contribution is 5.76. The largest absolute Gasteiger partial charge is 0.354 e. The highest BCUT2D eigenvalue weighted by Gasteiger charge is 2.18. The topological polar surface area (TPSA) is 41.1 Å². The van der Waals surface area contributed by atoms with Crippen LogP contribution < -0.4 is 10.6 Å². The maximum Gasteiger partial charge on any atom is 0.221 e. The molecule has 0 aromatic rings.